The third-order valence-corrected chi connectivity index (χ3v) is 3.50. The summed E-state index contributed by atoms with van der Waals surface area (Å²) in [5, 5.41) is 0. The molecule has 1 amide bonds. The van der Waals surface area contributed by atoms with Crippen molar-refractivity contribution in [1.82, 2.24) is 0 Å². The number of carbonyl (C=O) groups is 2. The second-order valence-corrected chi connectivity index (χ2v) is 5.13. The van der Waals surface area contributed by atoms with Gasteiger partial charge in [-0.25, -0.2) is 4.79 Å². The summed E-state index contributed by atoms with van der Waals surface area (Å²) in [6.45, 7) is 0.313. The van der Waals surface area contributed by atoms with E-state index >= 15 is 0 Å². The normalized spacial score (nSPS) is 12.6. The molecule has 0 unspecified atom stereocenters. The van der Waals surface area contributed by atoms with Gasteiger partial charge >= 0.3 is 5.97 Å². The summed E-state index contributed by atoms with van der Waals surface area (Å²) < 4.78 is 10.8. The van der Waals surface area contributed by atoms with Crippen LogP contribution in [0.5, 0.6) is 5.75 Å². The monoisotopic (exact) mass is 309 g/mol. The van der Waals surface area contributed by atoms with E-state index in [1.807, 2.05) is 24.3 Å². The van der Waals surface area contributed by atoms with Gasteiger partial charge in [-0.3, -0.25) is 4.79 Å². The zero-order valence-corrected chi connectivity index (χ0v) is 12.3. The summed E-state index contributed by atoms with van der Waals surface area (Å²) in [7, 11) is 0. The number of hydrogen-bond acceptors (Lipinski definition) is 4. The highest BCUT2D eigenvalue weighted by atomic mass is 16.5. The van der Waals surface area contributed by atoms with Crippen LogP contribution in [0.4, 0.5) is 0 Å². The van der Waals surface area contributed by atoms with Crippen molar-refractivity contribution >= 4 is 18.0 Å². The highest BCUT2D eigenvalue weighted by Crippen LogP contribution is 2.26. The van der Waals surface area contributed by atoms with E-state index < -0.39 is 11.9 Å². The molecule has 1 aliphatic heterocycles. The summed E-state index contributed by atoms with van der Waals surface area (Å²) in [5.74, 6) is -0.152. The van der Waals surface area contributed by atoms with Crippen LogP contribution in [0.15, 0.2) is 54.1 Å². The second-order valence-electron chi connectivity index (χ2n) is 5.13. The standard InChI is InChI=1S/C18H15NO4/c19-17(20)13-7-5-12(6-8-13)10-23-18(21)15-9-14-3-1-2-4-16(14)22-11-15/h1-9H,10-11H2,(H2,19,20). The number of nitrogens with two attached hydrogens (primary N) is 1. The smallest absolute Gasteiger partial charge is 0.337 e. The van der Waals surface area contributed by atoms with Gasteiger partial charge in [-0.05, 0) is 29.8 Å². The molecule has 5 heteroatoms. The molecule has 0 saturated carbocycles. The van der Waals surface area contributed by atoms with E-state index in [9.17, 15) is 9.59 Å². The Balaban J connectivity index is 1.64. The number of benzene rings is 2. The third kappa shape index (κ3) is 3.40. The lowest BCUT2D eigenvalue weighted by molar-refractivity contribution is -0.140. The van der Waals surface area contributed by atoms with Gasteiger partial charge in [0.15, 0.2) is 0 Å². The van der Waals surface area contributed by atoms with Crippen molar-refractivity contribution in [2.24, 2.45) is 5.73 Å². The molecule has 2 aromatic carbocycles. The van der Waals surface area contributed by atoms with Crippen molar-refractivity contribution in [3.63, 3.8) is 0 Å². The fourth-order valence-corrected chi connectivity index (χ4v) is 2.24. The molecule has 0 saturated heterocycles. The van der Waals surface area contributed by atoms with Crippen molar-refractivity contribution < 1.29 is 19.1 Å². The van der Waals surface area contributed by atoms with Crippen LogP contribution in [-0.4, -0.2) is 18.5 Å². The quantitative estimate of drug-likeness (QED) is 0.879. The first-order valence-electron chi connectivity index (χ1n) is 7.12. The summed E-state index contributed by atoms with van der Waals surface area (Å²) in [5.41, 5.74) is 7.70. The van der Waals surface area contributed by atoms with E-state index in [4.69, 9.17) is 15.2 Å². The Bertz CT molecular complexity index is 778. The molecule has 23 heavy (non-hydrogen) atoms. The minimum atomic E-state index is -0.489. The van der Waals surface area contributed by atoms with E-state index in [0.717, 1.165) is 16.9 Å². The average Bonchev–Trinajstić information content (AvgIpc) is 2.59. The predicted molar refractivity (Wildman–Crippen MR) is 84.7 cm³/mol. The van der Waals surface area contributed by atoms with E-state index in [2.05, 4.69) is 0 Å². The number of fused-ring (bicyclic) bond motifs is 1. The Morgan fingerprint density at radius 3 is 2.57 bits per heavy atom. The fraction of sp³-hybridized carbons (Fsp3) is 0.111. The Morgan fingerprint density at radius 2 is 1.83 bits per heavy atom. The topological polar surface area (TPSA) is 78.6 Å². The number of ether oxygens (including phenoxy) is 2. The highest BCUT2D eigenvalue weighted by molar-refractivity contribution is 5.95. The molecule has 3 rings (SSSR count). The number of hydrogen-bond donors (Lipinski definition) is 1. The largest absolute Gasteiger partial charge is 0.488 e. The van der Waals surface area contributed by atoms with Crippen LogP contribution in [0.1, 0.15) is 21.5 Å². The summed E-state index contributed by atoms with van der Waals surface area (Å²) in [6, 6.07) is 14.1. The van der Waals surface area contributed by atoms with Gasteiger partial charge in [0.2, 0.25) is 5.91 Å². The first-order valence-corrected chi connectivity index (χ1v) is 7.12. The van der Waals surface area contributed by atoms with Gasteiger partial charge in [-0.2, -0.15) is 0 Å². The summed E-state index contributed by atoms with van der Waals surface area (Å²) in [4.78, 5) is 23.1. The lowest BCUT2D eigenvalue weighted by atomic mass is 10.1. The van der Waals surface area contributed by atoms with Crippen molar-refractivity contribution in [2.75, 3.05) is 6.61 Å². The lowest BCUT2D eigenvalue weighted by Crippen LogP contribution is -2.17. The van der Waals surface area contributed by atoms with Gasteiger partial charge in [-0.1, -0.05) is 30.3 Å². The molecule has 2 aromatic rings. The molecule has 0 aliphatic carbocycles. The van der Waals surface area contributed by atoms with Crippen LogP contribution < -0.4 is 10.5 Å². The van der Waals surface area contributed by atoms with E-state index in [-0.39, 0.29) is 13.2 Å². The number of rotatable bonds is 4. The summed E-state index contributed by atoms with van der Waals surface area (Å²) in [6.07, 6.45) is 1.78. The Labute approximate surface area is 133 Å². The predicted octanol–water partition coefficient (Wildman–Crippen LogP) is 2.30. The molecule has 0 fully saturated rings. The molecule has 0 atom stereocenters. The maximum absolute atomic E-state index is 12.1. The zero-order valence-electron chi connectivity index (χ0n) is 12.3. The lowest BCUT2D eigenvalue weighted by Gasteiger charge is -2.17. The van der Waals surface area contributed by atoms with Gasteiger partial charge in [0, 0.05) is 11.1 Å². The van der Waals surface area contributed by atoms with Crippen molar-refractivity contribution in [3.05, 3.63) is 70.8 Å². The third-order valence-electron chi connectivity index (χ3n) is 3.50. The maximum atomic E-state index is 12.1. The van der Waals surface area contributed by atoms with Gasteiger partial charge in [-0.15, -0.1) is 0 Å². The molecule has 1 heterocycles. The van der Waals surface area contributed by atoms with Crippen molar-refractivity contribution in [1.29, 1.82) is 0 Å². The van der Waals surface area contributed by atoms with E-state index in [0.29, 0.717) is 11.1 Å². The van der Waals surface area contributed by atoms with E-state index in [1.54, 1.807) is 30.3 Å². The number of primary amides is 1. The van der Waals surface area contributed by atoms with Crippen LogP contribution in [0.25, 0.3) is 6.08 Å². The Morgan fingerprint density at radius 1 is 1.09 bits per heavy atom. The second kappa shape index (κ2) is 6.36. The SMILES string of the molecule is NC(=O)c1ccc(COC(=O)C2=Cc3ccccc3OC2)cc1. The molecule has 1 aliphatic rings. The van der Waals surface area contributed by atoms with Crippen molar-refractivity contribution in [2.45, 2.75) is 6.61 Å². The van der Waals surface area contributed by atoms with Gasteiger partial charge in [0.25, 0.3) is 0 Å². The first-order chi connectivity index (χ1) is 11.1. The molecule has 0 bridgehead atoms. The number of esters is 1. The molecular formula is C18H15NO4. The fourth-order valence-electron chi connectivity index (χ4n) is 2.24. The van der Waals surface area contributed by atoms with E-state index in [1.165, 1.54) is 0 Å². The average molecular weight is 309 g/mol. The Hall–Kier alpha value is -3.08. The molecule has 5 nitrogen and oxygen atoms in total. The van der Waals surface area contributed by atoms with Gasteiger partial charge < -0.3 is 15.2 Å². The van der Waals surface area contributed by atoms with Gasteiger partial charge in [0.1, 0.15) is 19.0 Å². The highest BCUT2D eigenvalue weighted by Gasteiger charge is 2.18. The Kier molecular flexibility index (Phi) is 4.10. The molecular weight excluding hydrogens is 294 g/mol. The molecule has 2 N–H and O–H groups in total. The first kappa shape index (κ1) is 14.8. The zero-order chi connectivity index (χ0) is 16.2. The number of para-hydroxylation sites is 1. The molecule has 0 spiro atoms. The van der Waals surface area contributed by atoms with Crippen molar-refractivity contribution in [3.8, 4) is 5.75 Å². The molecule has 0 aromatic heterocycles. The maximum Gasteiger partial charge on any atom is 0.337 e. The number of carbonyl (C=O) groups excluding carboxylic acids is 2. The number of amides is 1. The minimum Gasteiger partial charge on any atom is -0.488 e. The van der Waals surface area contributed by atoms with Crippen LogP contribution in [-0.2, 0) is 16.1 Å². The molecule has 116 valence electrons. The van der Waals surface area contributed by atoms with Crippen LogP contribution >= 0.6 is 0 Å². The molecule has 0 radical (unpaired) electrons. The van der Waals surface area contributed by atoms with Crippen LogP contribution in [0, 0.1) is 0 Å². The van der Waals surface area contributed by atoms with Gasteiger partial charge in [0.05, 0.1) is 5.57 Å². The minimum absolute atomic E-state index is 0.122. The van der Waals surface area contributed by atoms with Crippen LogP contribution in [0.2, 0.25) is 0 Å². The summed E-state index contributed by atoms with van der Waals surface area (Å²) >= 11 is 0. The van der Waals surface area contributed by atoms with Crippen LogP contribution in [0.3, 0.4) is 0 Å².